The van der Waals surface area contributed by atoms with Crippen LogP contribution in [0.15, 0.2) is 0 Å². The third kappa shape index (κ3) is 12.6. The second-order valence-corrected chi connectivity index (χ2v) is 7.17. The summed E-state index contributed by atoms with van der Waals surface area (Å²) in [4.78, 5) is 80.5. The summed E-state index contributed by atoms with van der Waals surface area (Å²) < 4.78 is 0. The fraction of sp³-hybridized carbons (Fsp3) is 0.611. The third-order valence-electron chi connectivity index (χ3n) is 4.33. The summed E-state index contributed by atoms with van der Waals surface area (Å²) in [5.41, 5.74) is 10.5. The molecule has 0 heterocycles. The monoisotopic (exact) mass is 475 g/mol. The van der Waals surface area contributed by atoms with E-state index in [1.807, 2.05) is 0 Å². The molecule has 4 atom stereocenters. The summed E-state index contributed by atoms with van der Waals surface area (Å²) in [6.07, 6.45) is -2.15. The van der Waals surface area contributed by atoms with Crippen molar-refractivity contribution in [3.63, 3.8) is 0 Å². The van der Waals surface area contributed by atoms with Crippen molar-refractivity contribution in [1.82, 2.24) is 16.0 Å². The Morgan fingerprint density at radius 1 is 0.697 bits per heavy atom. The lowest BCUT2D eigenvalue weighted by Gasteiger charge is -2.23. The second-order valence-electron chi connectivity index (χ2n) is 7.17. The standard InChI is InChI=1S/C18H29N5O10/c1-8(21-16(30)9(19)2-6-13(25)26)15(29)22-10(4-7-14(27)28)17(31)23-11(18(32)33)3-5-12(20)24/h8-11H,2-7,19H2,1H3,(H2,20,24)(H,21,30)(H,22,29)(H,23,31)(H,25,26)(H,27,28)(H,32,33). The predicted octanol–water partition coefficient (Wildman–Crippen LogP) is -3.13. The van der Waals surface area contributed by atoms with Gasteiger partial charge >= 0.3 is 17.9 Å². The zero-order valence-electron chi connectivity index (χ0n) is 17.9. The van der Waals surface area contributed by atoms with Crippen molar-refractivity contribution in [1.29, 1.82) is 0 Å². The molecule has 0 rings (SSSR count). The quantitative estimate of drug-likeness (QED) is 0.110. The number of nitrogens with two attached hydrogens (primary N) is 2. The van der Waals surface area contributed by atoms with E-state index in [1.165, 1.54) is 6.92 Å². The first-order valence-corrected chi connectivity index (χ1v) is 9.86. The molecule has 0 spiro atoms. The number of amides is 4. The maximum atomic E-state index is 12.5. The van der Waals surface area contributed by atoms with Gasteiger partial charge in [0.1, 0.15) is 18.1 Å². The van der Waals surface area contributed by atoms with Crippen LogP contribution in [0, 0.1) is 0 Å². The molecule has 0 aromatic heterocycles. The Morgan fingerprint density at radius 3 is 1.67 bits per heavy atom. The molecule has 0 saturated carbocycles. The Kier molecular flexibility index (Phi) is 12.7. The van der Waals surface area contributed by atoms with E-state index in [0.29, 0.717) is 0 Å². The van der Waals surface area contributed by atoms with Crippen LogP contribution < -0.4 is 27.4 Å². The average molecular weight is 475 g/mol. The molecule has 0 aliphatic carbocycles. The number of primary amides is 1. The molecule has 0 bridgehead atoms. The highest BCUT2D eigenvalue weighted by Crippen LogP contribution is 2.04. The molecule has 4 amide bonds. The molecule has 10 N–H and O–H groups in total. The van der Waals surface area contributed by atoms with E-state index >= 15 is 0 Å². The second kappa shape index (κ2) is 14.3. The maximum absolute atomic E-state index is 12.5. The molecule has 0 aromatic carbocycles. The van der Waals surface area contributed by atoms with Crippen molar-refractivity contribution in [3.05, 3.63) is 0 Å². The fourth-order valence-electron chi connectivity index (χ4n) is 2.45. The first-order valence-electron chi connectivity index (χ1n) is 9.86. The molecule has 0 saturated heterocycles. The molecular weight excluding hydrogens is 446 g/mol. The first kappa shape index (κ1) is 29.2. The van der Waals surface area contributed by atoms with Gasteiger partial charge in [0.25, 0.3) is 0 Å². The van der Waals surface area contributed by atoms with Crippen molar-refractivity contribution in [3.8, 4) is 0 Å². The Balaban J connectivity index is 5.16. The molecule has 0 aliphatic heterocycles. The molecule has 0 radical (unpaired) electrons. The minimum atomic E-state index is -1.52. The Morgan fingerprint density at radius 2 is 1.18 bits per heavy atom. The molecule has 15 heteroatoms. The van der Waals surface area contributed by atoms with E-state index in [1.54, 1.807) is 0 Å². The van der Waals surface area contributed by atoms with E-state index < -0.39 is 78.5 Å². The minimum Gasteiger partial charge on any atom is -0.481 e. The van der Waals surface area contributed by atoms with Gasteiger partial charge in [-0.05, 0) is 26.2 Å². The smallest absolute Gasteiger partial charge is 0.326 e. The van der Waals surface area contributed by atoms with Gasteiger partial charge in [-0.3, -0.25) is 28.8 Å². The number of nitrogens with one attached hydrogen (secondary N) is 3. The third-order valence-corrected chi connectivity index (χ3v) is 4.33. The van der Waals surface area contributed by atoms with Gasteiger partial charge in [0.15, 0.2) is 0 Å². The Bertz CT molecular complexity index is 772. The van der Waals surface area contributed by atoms with Crippen LogP contribution in [0.4, 0.5) is 0 Å². The van der Waals surface area contributed by atoms with Crippen molar-refractivity contribution < 1.29 is 48.9 Å². The molecule has 0 aromatic rings. The number of carbonyl (C=O) groups excluding carboxylic acids is 4. The highest BCUT2D eigenvalue weighted by atomic mass is 16.4. The van der Waals surface area contributed by atoms with Crippen LogP contribution in [0.1, 0.15) is 45.4 Å². The van der Waals surface area contributed by atoms with Crippen LogP contribution in [0.2, 0.25) is 0 Å². The van der Waals surface area contributed by atoms with E-state index in [9.17, 15) is 38.7 Å². The van der Waals surface area contributed by atoms with Gasteiger partial charge in [0.05, 0.1) is 6.04 Å². The minimum absolute atomic E-state index is 0.180. The lowest BCUT2D eigenvalue weighted by atomic mass is 10.1. The average Bonchev–Trinajstić information content (AvgIpc) is 2.70. The van der Waals surface area contributed by atoms with Crippen molar-refractivity contribution in [2.24, 2.45) is 11.5 Å². The fourth-order valence-corrected chi connectivity index (χ4v) is 2.45. The largest absolute Gasteiger partial charge is 0.481 e. The predicted molar refractivity (Wildman–Crippen MR) is 109 cm³/mol. The first-order chi connectivity index (χ1) is 15.2. The highest BCUT2D eigenvalue weighted by molar-refractivity contribution is 5.94. The van der Waals surface area contributed by atoms with Crippen LogP contribution in [0.25, 0.3) is 0 Å². The van der Waals surface area contributed by atoms with E-state index in [4.69, 9.17) is 21.7 Å². The number of hydrogen-bond donors (Lipinski definition) is 8. The van der Waals surface area contributed by atoms with Gasteiger partial charge in [-0.1, -0.05) is 0 Å². The zero-order chi connectivity index (χ0) is 25.7. The van der Waals surface area contributed by atoms with Gasteiger partial charge in [0.2, 0.25) is 23.6 Å². The molecule has 0 aliphatic rings. The number of hydrogen-bond acceptors (Lipinski definition) is 8. The van der Waals surface area contributed by atoms with Crippen LogP contribution in [-0.4, -0.2) is 81.0 Å². The number of rotatable bonds is 16. The summed E-state index contributed by atoms with van der Waals surface area (Å²) in [7, 11) is 0. The maximum Gasteiger partial charge on any atom is 0.326 e. The lowest BCUT2D eigenvalue weighted by molar-refractivity contribution is -0.143. The normalized spacial score (nSPS) is 14.1. The molecule has 186 valence electrons. The van der Waals surface area contributed by atoms with Crippen LogP contribution in [0.5, 0.6) is 0 Å². The summed E-state index contributed by atoms with van der Waals surface area (Å²) >= 11 is 0. The molecule has 0 fully saturated rings. The van der Waals surface area contributed by atoms with Gasteiger partial charge in [0, 0.05) is 19.3 Å². The zero-order valence-corrected chi connectivity index (χ0v) is 17.9. The number of aliphatic carboxylic acids is 3. The number of carboxylic acid groups (broad SMARTS) is 3. The lowest BCUT2D eigenvalue weighted by Crippen LogP contribution is -2.56. The van der Waals surface area contributed by atoms with Crippen LogP contribution in [0.3, 0.4) is 0 Å². The van der Waals surface area contributed by atoms with Crippen molar-refractivity contribution in [2.75, 3.05) is 0 Å². The molecule has 15 nitrogen and oxygen atoms in total. The van der Waals surface area contributed by atoms with E-state index in [0.717, 1.165) is 0 Å². The summed E-state index contributed by atoms with van der Waals surface area (Å²) in [6, 6.07) is -5.43. The Hall–Kier alpha value is -3.75. The number of carboxylic acids is 3. The molecule has 33 heavy (non-hydrogen) atoms. The van der Waals surface area contributed by atoms with Crippen molar-refractivity contribution in [2.45, 2.75) is 69.6 Å². The van der Waals surface area contributed by atoms with Gasteiger partial charge in [-0.25, -0.2) is 4.79 Å². The summed E-state index contributed by atoms with van der Waals surface area (Å²) in [5.74, 6) is -7.44. The highest BCUT2D eigenvalue weighted by Gasteiger charge is 2.29. The van der Waals surface area contributed by atoms with Gasteiger partial charge in [-0.15, -0.1) is 0 Å². The van der Waals surface area contributed by atoms with E-state index in [-0.39, 0.29) is 25.7 Å². The van der Waals surface area contributed by atoms with E-state index in [2.05, 4.69) is 16.0 Å². The molecular formula is C18H29N5O10. The van der Waals surface area contributed by atoms with Crippen LogP contribution in [-0.2, 0) is 33.6 Å². The number of carbonyl (C=O) groups is 7. The SMILES string of the molecule is CC(NC(=O)C(N)CCC(=O)O)C(=O)NC(CCC(=O)O)C(=O)NC(CCC(N)=O)C(=O)O. The summed E-state index contributed by atoms with van der Waals surface area (Å²) in [5, 5.41) is 33.3. The van der Waals surface area contributed by atoms with Crippen molar-refractivity contribution >= 4 is 41.5 Å². The van der Waals surface area contributed by atoms with Gasteiger partial charge in [-0.2, -0.15) is 0 Å². The van der Waals surface area contributed by atoms with Crippen LogP contribution >= 0.6 is 0 Å². The van der Waals surface area contributed by atoms with Gasteiger partial charge < -0.3 is 42.7 Å². The topological polar surface area (TPSA) is 268 Å². The summed E-state index contributed by atoms with van der Waals surface area (Å²) in [6.45, 7) is 1.25. The Labute approximate surface area is 188 Å². The molecule has 4 unspecified atom stereocenters.